The number of imidazole rings is 1. The largest absolute Gasteiger partial charge is 0.462 e. The average Bonchev–Trinajstić information content (AvgIpc) is 3.23. The van der Waals surface area contributed by atoms with Gasteiger partial charge in [-0.3, -0.25) is 4.79 Å². The number of thioether (sulfide) groups is 1. The second-order valence-electron chi connectivity index (χ2n) is 7.71. The van der Waals surface area contributed by atoms with E-state index in [0.717, 1.165) is 11.9 Å². The summed E-state index contributed by atoms with van der Waals surface area (Å²) >= 11 is 1.28. The molecule has 0 bridgehead atoms. The molecule has 0 saturated carbocycles. The monoisotopic (exact) mass is 492 g/mol. The quantitative estimate of drug-likeness (QED) is 0.264. The average molecular weight is 493 g/mol. The molecule has 0 aliphatic heterocycles. The molecule has 1 aromatic carbocycles. The van der Waals surface area contributed by atoms with Crippen molar-refractivity contribution in [2.45, 2.75) is 62.9 Å². The van der Waals surface area contributed by atoms with Crippen molar-refractivity contribution in [3.8, 4) is 0 Å². The number of ether oxygens (including phenoxy) is 1. The Morgan fingerprint density at radius 1 is 1.27 bits per heavy atom. The highest BCUT2D eigenvalue weighted by atomic mass is 32.2. The van der Waals surface area contributed by atoms with Crippen molar-refractivity contribution in [3.63, 3.8) is 0 Å². The van der Waals surface area contributed by atoms with E-state index in [1.807, 2.05) is 11.5 Å². The first kappa shape index (κ1) is 25.0. The third kappa shape index (κ3) is 4.99. The summed E-state index contributed by atoms with van der Waals surface area (Å²) in [6.45, 7) is 9.89. The van der Waals surface area contributed by atoms with Crippen molar-refractivity contribution < 1.29 is 22.7 Å². The lowest BCUT2D eigenvalue weighted by atomic mass is 10.1. The van der Waals surface area contributed by atoms with Gasteiger partial charge in [-0.1, -0.05) is 18.7 Å². The molecular formula is C22H28N4O5S2. The van der Waals surface area contributed by atoms with Crippen LogP contribution in [0.5, 0.6) is 0 Å². The number of aryl methyl sites for hydroxylation is 2. The predicted octanol–water partition coefficient (Wildman–Crippen LogP) is 3.58. The van der Waals surface area contributed by atoms with Crippen molar-refractivity contribution in [1.29, 1.82) is 0 Å². The first-order valence-corrected chi connectivity index (χ1v) is 13.0. The van der Waals surface area contributed by atoms with E-state index in [-0.39, 0.29) is 17.3 Å². The Hall–Kier alpha value is -2.63. The second-order valence-corrected chi connectivity index (χ2v) is 10.6. The number of hydrogen-bond donors (Lipinski definition) is 2. The first-order valence-electron chi connectivity index (χ1n) is 10.6. The molecule has 0 radical (unpaired) electrons. The minimum absolute atomic E-state index is 0.0131. The summed E-state index contributed by atoms with van der Waals surface area (Å²) in [7, 11) is -3.85. The number of Topliss-reactive ketones (excluding diaryl/α,β-unsaturated/α-hetero) is 1. The van der Waals surface area contributed by atoms with Crippen LogP contribution in [0.25, 0.3) is 11.0 Å². The van der Waals surface area contributed by atoms with Gasteiger partial charge in [0.1, 0.15) is 0 Å². The van der Waals surface area contributed by atoms with Crippen LogP contribution in [0, 0.1) is 13.8 Å². The molecule has 9 nitrogen and oxygen atoms in total. The van der Waals surface area contributed by atoms with Gasteiger partial charge in [0.15, 0.2) is 10.9 Å². The number of carbonyl (C=O) groups is 2. The lowest BCUT2D eigenvalue weighted by Crippen LogP contribution is -2.16. The highest BCUT2D eigenvalue weighted by Gasteiger charge is 2.27. The van der Waals surface area contributed by atoms with Crippen LogP contribution in [-0.4, -0.2) is 46.6 Å². The Morgan fingerprint density at radius 2 is 1.97 bits per heavy atom. The molecule has 0 saturated heterocycles. The van der Waals surface area contributed by atoms with Gasteiger partial charge < -0.3 is 14.3 Å². The number of aromatic amines is 1. The van der Waals surface area contributed by atoms with Crippen LogP contribution in [0.3, 0.4) is 0 Å². The fourth-order valence-electron chi connectivity index (χ4n) is 3.71. The topological polar surface area (TPSA) is 137 Å². The maximum absolute atomic E-state index is 13.2. The number of hydrogen-bond acceptors (Lipinski definition) is 7. The Kier molecular flexibility index (Phi) is 7.35. The number of esters is 1. The zero-order chi connectivity index (χ0) is 24.5. The van der Waals surface area contributed by atoms with Crippen molar-refractivity contribution in [2.75, 3.05) is 6.61 Å². The Labute approximate surface area is 197 Å². The number of nitrogens with one attached hydrogen (secondary N) is 1. The molecule has 3 N–H and O–H groups in total. The highest BCUT2D eigenvalue weighted by Crippen LogP contribution is 2.31. The van der Waals surface area contributed by atoms with Crippen LogP contribution in [0.1, 0.15) is 59.3 Å². The minimum Gasteiger partial charge on any atom is -0.462 e. The number of rotatable bonds is 9. The van der Waals surface area contributed by atoms with Gasteiger partial charge >= 0.3 is 5.97 Å². The van der Waals surface area contributed by atoms with Gasteiger partial charge in [0.05, 0.1) is 39.0 Å². The molecule has 1 atom stereocenters. The smallest absolute Gasteiger partial charge is 0.340 e. The van der Waals surface area contributed by atoms with E-state index in [2.05, 4.69) is 9.97 Å². The molecule has 0 spiro atoms. The fourth-order valence-corrected chi connectivity index (χ4v) is 5.26. The molecule has 0 aliphatic rings. The molecule has 0 fully saturated rings. The van der Waals surface area contributed by atoms with Crippen molar-refractivity contribution >= 4 is 44.6 Å². The summed E-state index contributed by atoms with van der Waals surface area (Å²) in [6, 6.07) is 4.58. The number of benzene rings is 1. The minimum atomic E-state index is -3.85. The SMILES string of the molecule is CCCn1c(SC(C)C(=O)c2[nH]c(C)c(C(=O)OCC)c2C)nc2cc(S(N)(=O)=O)ccc21. The number of aromatic nitrogens is 3. The number of nitrogens with zero attached hydrogens (tertiary/aromatic N) is 2. The Balaban J connectivity index is 1.95. The Bertz CT molecular complexity index is 1320. The van der Waals surface area contributed by atoms with Crippen LogP contribution >= 0.6 is 11.8 Å². The number of primary sulfonamides is 1. The normalized spacial score (nSPS) is 12.8. The summed E-state index contributed by atoms with van der Waals surface area (Å²) in [6.07, 6.45) is 0.829. The number of carbonyl (C=O) groups excluding carboxylic acids is 2. The van der Waals surface area contributed by atoms with E-state index >= 15 is 0 Å². The van der Waals surface area contributed by atoms with Crippen molar-refractivity contribution in [3.05, 3.63) is 40.7 Å². The van der Waals surface area contributed by atoms with Crippen LogP contribution in [0.4, 0.5) is 0 Å². The van der Waals surface area contributed by atoms with Crippen molar-refractivity contribution in [1.82, 2.24) is 14.5 Å². The van der Waals surface area contributed by atoms with E-state index in [1.54, 1.807) is 33.8 Å². The molecule has 3 rings (SSSR count). The fraction of sp³-hybridized carbons (Fsp3) is 0.409. The molecular weight excluding hydrogens is 464 g/mol. The molecule has 3 aromatic rings. The third-order valence-corrected chi connectivity index (χ3v) is 7.28. The lowest BCUT2D eigenvalue weighted by Gasteiger charge is -2.12. The van der Waals surface area contributed by atoms with Gasteiger partial charge in [-0.05, 0) is 57.9 Å². The molecule has 33 heavy (non-hydrogen) atoms. The van der Waals surface area contributed by atoms with Gasteiger partial charge in [-0.25, -0.2) is 23.3 Å². The number of ketones is 1. The van der Waals surface area contributed by atoms with E-state index in [1.165, 1.54) is 23.9 Å². The predicted molar refractivity (Wildman–Crippen MR) is 127 cm³/mol. The summed E-state index contributed by atoms with van der Waals surface area (Å²) in [5.41, 5.74) is 3.15. The molecule has 11 heteroatoms. The van der Waals surface area contributed by atoms with E-state index in [0.29, 0.717) is 39.7 Å². The number of nitrogens with two attached hydrogens (primary N) is 1. The summed E-state index contributed by atoms with van der Waals surface area (Å²) < 4.78 is 30.5. The highest BCUT2D eigenvalue weighted by molar-refractivity contribution is 8.00. The number of fused-ring (bicyclic) bond motifs is 1. The maximum Gasteiger partial charge on any atom is 0.340 e. The van der Waals surface area contributed by atoms with Gasteiger partial charge in [-0.15, -0.1) is 0 Å². The van der Waals surface area contributed by atoms with Crippen LogP contribution < -0.4 is 5.14 Å². The van der Waals surface area contributed by atoms with E-state index in [4.69, 9.17) is 9.88 Å². The van der Waals surface area contributed by atoms with Gasteiger partial charge in [0.2, 0.25) is 10.0 Å². The lowest BCUT2D eigenvalue weighted by molar-refractivity contribution is 0.0525. The molecule has 1 unspecified atom stereocenters. The van der Waals surface area contributed by atoms with E-state index in [9.17, 15) is 18.0 Å². The molecule has 178 valence electrons. The number of sulfonamides is 1. The first-order chi connectivity index (χ1) is 15.5. The summed E-state index contributed by atoms with van der Waals surface area (Å²) in [4.78, 5) is 33.1. The maximum atomic E-state index is 13.2. The zero-order valence-corrected chi connectivity index (χ0v) is 20.9. The Morgan fingerprint density at radius 3 is 2.58 bits per heavy atom. The second kappa shape index (κ2) is 9.70. The molecule has 2 heterocycles. The van der Waals surface area contributed by atoms with Crippen LogP contribution in [-0.2, 0) is 21.3 Å². The molecule has 2 aromatic heterocycles. The molecule has 0 aliphatic carbocycles. The zero-order valence-electron chi connectivity index (χ0n) is 19.3. The summed E-state index contributed by atoms with van der Waals surface area (Å²) in [5.74, 6) is -0.630. The summed E-state index contributed by atoms with van der Waals surface area (Å²) in [5, 5.41) is 5.35. The third-order valence-electron chi connectivity index (χ3n) is 5.28. The van der Waals surface area contributed by atoms with Gasteiger partial charge in [-0.2, -0.15) is 0 Å². The standard InChI is InChI=1S/C22H28N4O5S2/c1-6-10-26-17-9-8-15(33(23,29)30)11-16(17)25-22(26)32-14(5)20(27)19-12(3)18(13(4)24-19)21(28)31-7-2/h8-9,11,14,24H,6-7,10H2,1-5H3,(H2,23,29,30). The van der Waals surface area contributed by atoms with E-state index < -0.39 is 21.2 Å². The van der Waals surface area contributed by atoms with Gasteiger partial charge in [0.25, 0.3) is 0 Å². The number of H-pyrrole nitrogens is 1. The van der Waals surface area contributed by atoms with Crippen LogP contribution in [0.15, 0.2) is 28.3 Å². The van der Waals surface area contributed by atoms with Crippen LogP contribution in [0.2, 0.25) is 0 Å². The molecule has 0 amide bonds. The van der Waals surface area contributed by atoms with Gasteiger partial charge in [0, 0.05) is 12.2 Å². The van der Waals surface area contributed by atoms with Crippen molar-refractivity contribution in [2.24, 2.45) is 5.14 Å².